The third-order valence-corrected chi connectivity index (χ3v) is 3.64. The Balaban J connectivity index is 0.00000109. The van der Waals surface area contributed by atoms with E-state index in [4.69, 9.17) is 0 Å². The van der Waals surface area contributed by atoms with Crippen molar-refractivity contribution in [3.8, 4) is 22.3 Å². The van der Waals surface area contributed by atoms with Gasteiger partial charge in [-0.2, -0.15) is 0 Å². The van der Waals surface area contributed by atoms with Crippen molar-refractivity contribution < 1.29 is 17.6 Å². The van der Waals surface area contributed by atoms with Crippen molar-refractivity contribution in [1.82, 2.24) is 0 Å². The van der Waals surface area contributed by atoms with Crippen LogP contribution in [0.3, 0.4) is 0 Å². The molecule has 0 aromatic heterocycles. The smallest absolute Gasteiger partial charge is 0.159 e. The zero-order valence-electron chi connectivity index (χ0n) is 14.2. The predicted molar refractivity (Wildman–Crippen MR) is 93.2 cm³/mol. The van der Waals surface area contributed by atoms with Crippen molar-refractivity contribution in [2.24, 2.45) is 0 Å². The van der Waals surface area contributed by atoms with Crippen molar-refractivity contribution in [2.45, 2.75) is 20.8 Å². The topological polar surface area (TPSA) is 0 Å². The van der Waals surface area contributed by atoms with E-state index in [1.807, 2.05) is 13.8 Å². The molecule has 0 amide bonds. The van der Waals surface area contributed by atoms with E-state index in [0.29, 0.717) is 5.56 Å². The molecule has 130 valence electrons. The summed E-state index contributed by atoms with van der Waals surface area (Å²) in [5, 5.41) is 0. The van der Waals surface area contributed by atoms with Crippen molar-refractivity contribution in [3.63, 3.8) is 0 Å². The number of rotatable bonds is 2. The van der Waals surface area contributed by atoms with E-state index in [9.17, 15) is 17.6 Å². The normalized spacial score (nSPS) is 10.2. The zero-order chi connectivity index (χ0) is 18.6. The highest BCUT2D eigenvalue weighted by atomic mass is 19.2. The van der Waals surface area contributed by atoms with Crippen LogP contribution in [0.4, 0.5) is 17.6 Å². The molecule has 3 aromatic rings. The van der Waals surface area contributed by atoms with Crippen LogP contribution in [-0.2, 0) is 0 Å². The van der Waals surface area contributed by atoms with Gasteiger partial charge in [-0.3, -0.25) is 0 Å². The van der Waals surface area contributed by atoms with Crippen LogP contribution in [0.1, 0.15) is 19.4 Å². The van der Waals surface area contributed by atoms with E-state index in [-0.39, 0.29) is 16.7 Å². The molecule has 0 aliphatic rings. The lowest BCUT2D eigenvalue weighted by molar-refractivity contribution is 0.509. The fraction of sp³-hybridized carbons (Fsp3) is 0.143. The minimum atomic E-state index is -1.05. The molecule has 3 aromatic carbocycles. The molecule has 0 N–H and O–H groups in total. The molecule has 0 bridgehead atoms. The molecule has 4 heteroatoms. The highest BCUT2D eigenvalue weighted by Crippen LogP contribution is 2.30. The maximum atomic E-state index is 14.3. The van der Waals surface area contributed by atoms with Crippen LogP contribution in [0.5, 0.6) is 0 Å². The number of halogens is 4. The van der Waals surface area contributed by atoms with Gasteiger partial charge in [0, 0.05) is 11.1 Å². The lowest BCUT2D eigenvalue weighted by Gasteiger charge is -2.09. The maximum Gasteiger partial charge on any atom is 0.159 e. The minimum absolute atomic E-state index is 0.125. The summed E-state index contributed by atoms with van der Waals surface area (Å²) in [7, 11) is 0. The number of hydrogen-bond donors (Lipinski definition) is 0. The molecule has 0 nitrogen and oxygen atoms in total. The molecular formula is C21H18F4. The van der Waals surface area contributed by atoms with Gasteiger partial charge in [0.05, 0.1) is 0 Å². The first-order valence-electron chi connectivity index (χ1n) is 7.97. The summed E-state index contributed by atoms with van der Waals surface area (Å²) in [6.45, 7) is 5.76. The highest BCUT2D eigenvalue weighted by molar-refractivity contribution is 5.71. The quantitative estimate of drug-likeness (QED) is 0.442. The standard InChI is InChI=1S/C19H12F4.C2H6/c1-11-2-5-14(17(21)8-11)12-3-6-15(18(22)9-12)13-4-7-16(20)19(23)10-13;1-2/h2-10H,1H3;1-2H3. The Bertz CT molecular complexity index is 885. The molecule has 0 fully saturated rings. The lowest BCUT2D eigenvalue weighted by Crippen LogP contribution is -1.91. The summed E-state index contributed by atoms with van der Waals surface area (Å²) in [6, 6.07) is 12.0. The Morgan fingerprint density at radius 1 is 0.520 bits per heavy atom. The van der Waals surface area contributed by atoms with Crippen LogP contribution in [0.15, 0.2) is 54.6 Å². The van der Waals surface area contributed by atoms with Crippen LogP contribution < -0.4 is 0 Å². The van der Waals surface area contributed by atoms with Gasteiger partial charge in [0.15, 0.2) is 11.6 Å². The van der Waals surface area contributed by atoms with E-state index in [1.165, 1.54) is 24.3 Å². The first kappa shape index (κ1) is 18.7. The van der Waals surface area contributed by atoms with Gasteiger partial charge in [-0.15, -0.1) is 0 Å². The summed E-state index contributed by atoms with van der Waals surface area (Å²) in [5.41, 5.74) is 1.78. The van der Waals surface area contributed by atoms with Crippen LogP contribution in [0, 0.1) is 30.2 Å². The summed E-state index contributed by atoms with van der Waals surface area (Å²) in [4.78, 5) is 0. The second-order valence-corrected chi connectivity index (χ2v) is 5.31. The number of benzene rings is 3. The molecule has 0 unspecified atom stereocenters. The molecule has 0 heterocycles. The van der Waals surface area contributed by atoms with Crippen LogP contribution in [0.25, 0.3) is 22.3 Å². The summed E-state index contributed by atoms with van der Waals surface area (Å²) >= 11 is 0. The summed E-state index contributed by atoms with van der Waals surface area (Å²) in [5.74, 6) is -3.11. The van der Waals surface area contributed by atoms with Gasteiger partial charge in [0.2, 0.25) is 0 Å². The van der Waals surface area contributed by atoms with E-state index < -0.39 is 23.3 Å². The van der Waals surface area contributed by atoms with Gasteiger partial charge in [0.1, 0.15) is 11.6 Å². The third-order valence-electron chi connectivity index (χ3n) is 3.64. The molecule has 0 saturated heterocycles. The molecule has 0 atom stereocenters. The van der Waals surface area contributed by atoms with Gasteiger partial charge >= 0.3 is 0 Å². The molecule has 0 aliphatic heterocycles. The lowest BCUT2D eigenvalue weighted by atomic mass is 9.98. The van der Waals surface area contributed by atoms with Crippen molar-refractivity contribution in [3.05, 3.63) is 83.4 Å². The first-order valence-corrected chi connectivity index (χ1v) is 7.97. The third kappa shape index (κ3) is 4.08. The predicted octanol–water partition coefficient (Wildman–Crippen LogP) is 6.91. The van der Waals surface area contributed by atoms with Gasteiger partial charge in [-0.25, -0.2) is 17.6 Å². The zero-order valence-corrected chi connectivity index (χ0v) is 14.2. The molecule has 0 saturated carbocycles. The number of aryl methyl sites for hydroxylation is 1. The monoisotopic (exact) mass is 346 g/mol. The van der Waals surface area contributed by atoms with E-state index in [1.54, 1.807) is 25.1 Å². The molecule has 0 spiro atoms. The first-order chi connectivity index (χ1) is 12.0. The van der Waals surface area contributed by atoms with Gasteiger partial charge < -0.3 is 0 Å². The van der Waals surface area contributed by atoms with E-state index in [2.05, 4.69) is 0 Å². The number of hydrogen-bond acceptors (Lipinski definition) is 0. The Morgan fingerprint density at radius 3 is 1.52 bits per heavy atom. The van der Waals surface area contributed by atoms with E-state index in [0.717, 1.165) is 17.7 Å². The summed E-state index contributed by atoms with van der Waals surface area (Å²) in [6.07, 6.45) is 0. The fourth-order valence-electron chi connectivity index (χ4n) is 2.43. The fourth-order valence-corrected chi connectivity index (χ4v) is 2.43. The van der Waals surface area contributed by atoms with Crippen LogP contribution in [0.2, 0.25) is 0 Å². The SMILES string of the molecule is CC.Cc1ccc(-c2ccc(-c3ccc(F)c(F)c3)c(F)c2)c(F)c1. The molecule has 0 radical (unpaired) electrons. The minimum Gasteiger partial charge on any atom is -0.206 e. The van der Waals surface area contributed by atoms with Crippen LogP contribution >= 0.6 is 0 Å². The maximum absolute atomic E-state index is 14.3. The van der Waals surface area contributed by atoms with Gasteiger partial charge in [-0.1, -0.05) is 44.2 Å². The van der Waals surface area contributed by atoms with Gasteiger partial charge in [0.25, 0.3) is 0 Å². The molecular weight excluding hydrogens is 328 g/mol. The van der Waals surface area contributed by atoms with E-state index >= 15 is 0 Å². The average Bonchev–Trinajstić information content (AvgIpc) is 2.59. The average molecular weight is 346 g/mol. The molecule has 0 aliphatic carbocycles. The summed E-state index contributed by atoms with van der Waals surface area (Å²) < 4.78 is 54.6. The van der Waals surface area contributed by atoms with Crippen molar-refractivity contribution in [2.75, 3.05) is 0 Å². The van der Waals surface area contributed by atoms with Gasteiger partial charge in [-0.05, 0) is 47.9 Å². The Hall–Kier alpha value is -2.62. The Kier molecular flexibility index (Phi) is 5.97. The van der Waals surface area contributed by atoms with Crippen molar-refractivity contribution in [1.29, 1.82) is 0 Å². The Morgan fingerprint density at radius 2 is 1.00 bits per heavy atom. The van der Waals surface area contributed by atoms with Crippen LogP contribution in [-0.4, -0.2) is 0 Å². The second kappa shape index (κ2) is 7.97. The van der Waals surface area contributed by atoms with Crippen molar-refractivity contribution >= 4 is 0 Å². The second-order valence-electron chi connectivity index (χ2n) is 5.31. The molecule has 3 rings (SSSR count). The largest absolute Gasteiger partial charge is 0.206 e. The highest BCUT2D eigenvalue weighted by Gasteiger charge is 2.12. The molecule has 25 heavy (non-hydrogen) atoms. The Labute approximate surface area is 144 Å².